The van der Waals surface area contributed by atoms with Crippen molar-refractivity contribution in [2.24, 2.45) is 5.92 Å². The van der Waals surface area contributed by atoms with E-state index in [9.17, 15) is 24.3 Å². The molecule has 3 heterocycles. The summed E-state index contributed by atoms with van der Waals surface area (Å²) in [7, 11) is 0. The predicted molar refractivity (Wildman–Crippen MR) is 134 cm³/mol. The number of nitrogens with zero attached hydrogens (tertiary/aromatic N) is 1. The number of likely N-dealkylation sites (tertiary alicyclic amines) is 1. The van der Waals surface area contributed by atoms with Crippen molar-refractivity contribution in [1.29, 1.82) is 0 Å². The minimum atomic E-state index is -1.26. The van der Waals surface area contributed by atoms with Crippen molar-refractivity contribution >= 4 is 56.8 Å². The van der Waals surface area contributed by atoms with Gasteiger partial charge in [0, 0.05) is 20.8 Å². The first-order valence-electron chi connectivity index (χ1n) is 10.7. The van der Waals surface area contributed by atoms with Crippen LogP contribution in [0, 0.1) is 12.8 Å². The Morgan fingerprint density at radius 3 is 2.69 bits per heavy atom. The van der Waals surface area contributed by atoms with Crippen LogP contribution in [0.4, 0.5) is 0 Å². The van der Waals surface area contributed by atoms with Gasteiger partial charge in [-0.25, -0.2) is 0 Å². The fourth-order valence-corrected chi connectivity index (χ4v) is 7.43. The number of halogens is 1. The second-order valence-electron chi connectivity index (χ2n) is 8.30. The number of fused-ring (bicyclic) bond motifs is 2. The molecule has 8 nitrogen and oxygen atoms in total. The molecule has 0 saturated carbocycles. The van der Waals surface area contributed by atoms with E-state index in [4.69, 9.17) is 4.74 Å². The zero-order valence-electron chi connectivity index (χ0n) is 18.3. The van der Waals surface area contributed by atoms with Gasteiger partial charge in [-0.3, -0.25) is 24.1 Å². The Bertz CT molecular complexity index is 1420. The molecule has 0 radical (unpaired) electrons. The fourth-order valence-electron chi connectivity index (χ4n) is 4.52. The van der Waals surface area contributed by atoms with Crippen LogP contribution in [-0.4, -0.2) is 44.6 Å². The number of carbonyl (C=O) groups is 3. The zero-order valence-corrected chi connectivity index (χ0v) is 21.5. The molecule has 5 rings (SSSR count). The maximum Gasteiger partial charge on any atom is 0.323 e. The van der Waals surface area contributed by atoms with Crippen molar-refractivity contribution < 1.29 is 24.2 Å². The number of aliphatic carboxylic acids is 1. The lowest BCUT2D eigenvalue weighted by Crippen LogP contribution is -2.36. The van der Waals surface area contributed by atoms with E-state index in [0.29, 0.717) is 27.8 Å². The van der Waals surface area contributed by atoms with E-state index in [1.54, 1.807) is 6.07 Å². The van der Waals surface area contributed by atoms with E-state index in [0.717, 1.165) is 43.6 Å². The van der Waals surface area contributed by atoms with Crippen LogP contribution in [0.3, 0.4) is 0 Å². The van der Waals surface area contributed by atoms with Crippen molar-refractivity contribution in [3.8, 4) is 5.75 Å². The normalized spacial score (nSPS) is 21.1. The highest BCUT2D eigenvalue weighted by Crippen LogP contribution is 2.54. The lowest BCUT2D eigenvalue weighted by Gasteiger charge is -2.31. The average molecular weight is 575 g/mol. The number of carboxylic acid groups (broad SMARTS) is 1. The Labute approximate surface area is 216 Å². The van der Waals surface area contributed by atoms with Crippen LogP contribution < -0.4 is 9.61 Å². The molecule has 3 aromatic rings. The van der Waals surface area contributed by atoms with Crippen LogP contribution >= 0.6 is 39.0 Å². The number of benzene rings is 2. The van der Waals surface area contributed by atoms with E-state index < -0.39 is 41.4 Å². The third-order valence-electron chi connectivity index (χ3n) is 6.16. The third kappa shape index (κ3) is 4.32. The largest absolute Gasteiger partial charge is 0.489 e. The SMILES string of the molecule is Cc1ccccc1COc1ccc(Br)cc1[C@@H]1c2sc(=O)[nH]c2SC2C(=O)N(CC(=O)O)C(=O)C21. The van der Waals surface area contributed by atoms with Crippen molar-refractivity contribution in [1.82, 2.24) is 9.88 Å². The number of carbonyl (C=O) groups excluding carboxylic acids is 2. The second kappa shape index (κ2) is 9.29. The number of ether oxygens (including phenoxy) is 1. The molecule has 2 aromatic carbocycles. The lowest BCUT2D eigenvalue weighted by atomic mass is 9.82. The highest BCUT2D eigenvalue weighted by Gasteiger charge is 2.56. The number of aryl methyl sites for hydroxylation is 1. The molecule has 2 aliphatic rings. The smallest absolute Gasteiger partial charge is 0.323 e. The van der Waals surface area contributed by atoms with Gasteiger partial charge in [0.15, 0.2) is 0 Å². The number of carboxylic acids is 1. The number of hydrogen-bond donors (Lipinski definition) is 2. The van der Waals surface area contributed by atoms with Gasteiger partial charge in [-0.1, -0.05) is 63.3 Å². The number of hydrogen-bond acceptors (Lipinski definition) is 7. The Morgan fingerprint density at radius 1 is 1.17 bits per heavy atom. The number of H-pyrrole nitrogens is 1. The van der Waals surface area contributed by atoms with E-state index in [1.807, 2.05) is 43.3 Å². The van der Waals surface area contributed by atoms with E-state index >= 15 is 0 Å². The van der Waals surface area contributed by atoms with Crippen LogP contribution in [-0.2, 0) is 21.0 Å². The summed E-state index contributed by atoms with van der Waals surface area (Å²) in [4.78, 5) is 54.0. The molecule has 2 unspecified atom stereocenters. The molecule has 0 bridgehead atoms. The summed E-state index contributed by atoms with van der Waals surface area (Å²) in [6, 6.07) is 13.3. The number of aromatic amines is 1. The lowest BCUT2D eigenvalue weighted by molar-refractivity contribution is -0.149. The number of thioether (sulfide) groups is 1. The average Bonchev–Trinajstić information content (AvgIpc) is 3.29. The summed E-state index contributed by atoms with van der Waals surface area (Å²) >= 11 is 5.59. The van der Waals surface area contributed by atoms with Crippen LogP contribution in [0.5, 0.6) is 5.75 Å². The summed E-state index contributed by atoms with van der Waals surface area (Å²) in [6.45, 7) is 1.59. The summed E-state index contributed by atoms with van der Waals surface area (Å²) in [5.41, 5.74) is 2.73. The van der Waals surface area contributed by atoms with Gasteiger partial charge >= 0.3 is 10.8 Å². The quantitative estimate of drug-likeness (QED) is 0.430. The maximum atomic E-state index is 13.4. The highest BCUT2D eigenvalue weighted by atomic mass is 79.9. The molecular weight excluding hydrogens is 556 g/mol. The van der Waals surface area contributed by atoms with Gasteiger partial charge in [0.05, 0.1) is 10.9 Å². The van der Waals surface area contributed by atoms with Gasteiger partial charge in [0.25, 0.3) is 0 Å². The topological polar surface area (TPSA) is 117 Å². The molecule has 0 aliphatic carbocycles. The maximum absolute atomic E-state index is 13.4. The minimum Gasteiger partial charge on any atom is -0.489 e. The molecule has 3 atom stereocenters. The molecular formula is C24H19BrN2O6S2. The Kier molecular flexibility index (Phi) is 6.32. The van der Waals surface area contributed by atoms with E-state index in [-0.39, 0.29) is 4.87 Å². The van der Waals surface area contributed by atoms with E-state index in [1.165, 1.54) is 0 Å². The Morgan fingerprint density at radius 2 is 1.94 bits per heavy atom. The molecule has 1 fully saturated rings. The van der Waals surface area contributed by atoms with Crippen LogP contribution in [0.15, 0.2) is 56.8 Å². The molecule has 0 spiro atoms. The monoisotopic (exact) mass is 574 g/mol. The standard InChI is InChI=1S/C24H19BrN2O6S2/c1-11-4-2-3-5-12(11)10-33-15-7-6-13(25)8-14(15)17-18-20(34-21-19(17)35-24(32)26-21)23(31)27(22(18)30)9-16(28)29/h2-8,17-18,20H,9-10H2,1H3,(H,26,32)(H,28,29)/t17-,18?,20?/m0/s1. The van der Waals surface area contributed by atoms with Crippen molar-refractivity contribution in [2.75, 3.05) is 6.54 Å². The van der Waals surface area contributed by atoms with Gasteiger partial charge in [0.2, 0.25) is 11.8 Å². The number of imide groups is 1. The summed E-state index contributed by atoms with van der Waals surface area (Å²) in [5.74, 6) is -3.37. The molecule has 35 heavy (non-hydrogen) atoms. The van der Waals surface area contributed by atoms with Crippen molar-refractivity contribution in [3.05, 3.63) is 78.2 Å². The number of amides is 2. The third-order valence-corrected chi connectivity index (χ3v) is 9.05. The first-order valence-corrected chi connectivity index (χ1v) is 13.2. The van der Waals surface area contributed by atoms with Gasteiger partial charge in [-0.15, -0.1) is 0 Å². The molecule has 11 heteroatoms. The molecule has 2 N–H and O–H groups in total. The zero-order chi connectivity index (χ0) is 24.9. The van der Waals surface area contributed by atoms with E-state index in [2.05, 4.69) is 20.9 Å². The first-order chi connectivity index (χ1) is 16.7. The van der Waals surface area contributed by atoms with Gasteiger partial charge in [-0.2, -0.15) is 0 Å². The number of aromatic nitrogens is 1. The number of nitrogens with one attached hydrogen (secondary N) is 1. The molecule has 2 aliphatic heterocycles. The fraction of sp³-hybridized carbons (Fsp3) is 0.250. The van der Waals surface area contributed by atoms with Gasteiger partial charge in [-0.05, 0) is 36.2 Å². The summed E-state index contributed by atoms with van der Waals surface area (Å²) in [5, 5.41) is 8.94. The van der Waals surface area contributed by atoms with Crippen molar-refractivity contribution in [3.63, 3.8) is 0 Å². The minimum absolute atomic E-state index is 0.285. The summed E-state index contributed by atoms with van der Waals surface area (Å²) < 4.78 is 6.97. The Hall–Kier alpha value is -2.89. The van der Waals surface area contributed by atoms with Crippen molar-refractivity contribution in [2.45, 2.75) is 29.7 Å². The summed E-state index contributed by atoms with van der Waals surface area (Å²) in [6.07, 6.45) is 0. The Balaban J connectivity index is 1.60. The second-order valence-corrected chi connectivity index (χ2v) is 11.4. The molecule has 1 saturated heterocycles. The van der Waals surface area contributed by atoms with Gasteiger partial charge < -0.3 is 14.8 Å². The van der Waals surface area contributed by atoms with Crippen LogP contribution in [0.1, 0.15) is 27.5 Å². The molecule has 180 valence electrons. The predicted octanol–water partition coefficient (Wildman–Crippen LogP) is 3.76. The van der Waals surface area contributed by atoms with Crippen LogP contribution in [0.2, 0.25) is 0 Å². The highest BCUT2D eigenvalue weighted by molar-refractivity contribution is 9.10. The van der Waals surface area contributed by atoms with Gasteiger partial charge in [0.1, 0.15) is 24.2 Å². The molecule has 2 amide bonds. The molecule has 1 aromatic heterocycles. The first kappa shape index (κ1) is 23.8. The van der Waals surface area contributed by atoms with Crippen LogP contribution in [0.25, 0.3) is 0 Å². The number of thiazole rings is 1. The number of rotatable bonds is 6.